The van der Waals surface area contributed by atoms with Crippen molar-refractivity contribution in [1.29, 1.82) is 0 Å². The number of nitro groups is 1. The molecule has 0 aromatic heterocycles. The normalized spacial score (nSPS) is 15.7. The van der Waals surface area contributed by atoms with Crippen LogP contribution in [0.1, 0.15) is 0 Å². The van der Waals surface area contributed by atoms with Crippen LogP contribution in [0, 0.1) is 10.1 Å². The van der Waals surface area contributed by atoms with Crippen molar-refractivity contribution in [2.24, 2.45) is 4.99 Å². The highest BCUT2D eigenvalue weighted by atomic mass is 35.6. The Morgan fingerprint density at radius 1 is 1.06 bits per heavy atom. The van der Waals surface area contributed by atoms with Gasteiger partial charge in [0.05, 0.1) is 15.0 Å². The number of nitro benzene ring substituents is 1. The van der Waals surface area contributed by atoms with Crippen LogP contribution in [0.3, 0.4) is 0 Å². The van der Waals surface area contributed by atoms with E-state index in [0.717, 1.165) is 24.3 Å². The summed E-state index contributed by atoms with van der Waals surface area (Å²) in [6, 6.07) is 6.52. The zero-order chi connectivity index (χ0) is 23.2. The minimum absolute atomic E-state index is 0.0275. The number of aliphatic imine (C=N–C) groups is 1. The molecule has 1 heterocycles. The number of fused-ring (bicyclic) bond motifs is 1. The Morgan fingerprint density at radius 2 is 1.58 bits per heavy atom. The average molecular weight is 540 g/mol. The Balaban J connectivity index is 2.12. The number of ether oxygens (including phenoxy) is 3. The summed E-state index contributed by atoms with van der Waals surface area (Å²) in [7, 11) is 0. The lowest BCUT2D eigenvalue weighted by Crippen LogP contribution is -2.51. The van der Waals surface area contributed by atoms with Crippen molar-refractivity contribution in [3.63, 3.8) is 0 Å². The van der Waals surface area contributed by atoms with Crippen molar-refractivity contribution in [3.05, 3.63) is 56.6 Å². The quantitative estimate of drug-likeness (QED) is 0.142. The summed E-state index contributed by atoms with van der Waals surface area (Å²) in [5, 5.41) is 11.0. The molecule has 166 valence electrons. The van der Waals surface area contributed by atoms with Crippen molar-refractivity contribution in [2.75, 3.05) is 0 Å². The molecule has 15 heteroatoms. The van der Waals surface area contributed by atoms with Crippen LogP contribution < -0.4 is 14.2 Å². The van der Waals surface area contributed by atoms with Gasteiger partial charge in [-0.25, -0.2) is 0 Å². The van der Waals surface area contributed by atoms with E-state index in [1.54, 1.807) is 0 Å². The third-order valence-electron chi connectivity index (χ3n) is 3.60. The van der Waals surface area contributed by atoms with E-state index in [9.17, 15) is 23.3 Å². The molecule has 0 amide bonds. The SMILES string of the molecule is O=[N+]([O-])c1ccccc1OC(=NC1(C(Cl)(Cl)Cl)Oc2cc(Cl)c(Cl)cc2O1)C(F)(F)F. The largest absolute Gasteiger partial charge is 0.468 e. The Morgan fingerprint density at radius 3 is 2.03 bits per heavy atom. The van der Waals surface area contributed by atoms with Crippen LogP contribution in [-0.2, 0) is 0 Å². The van der Waals surface area contributed by atoms with Gasteiger partial charge < -0.3 is 14.2 Å². The number of rotatable bonds is 3. The van der Waals surface area contributed by atoms with E-state index in [-0.39, 0.29) is 21.5 Å². The molecule has 0 saturated carbocycles. The van der Waals surface area contributed by atoms with Crippen LogP contribution in [0.25, 0.3) is 0 Å². The Hall–Kier alpha value is -1.85. The first-order valence-corrected chi connectivity index (χ1v) is 9.64. The van der Waals surface area contributed by atoms with E-state index in [1.165, 1.54) is 12.1 Å². The summed E-state index contributed by atoms with van der Waals surface area (Å²) in [5.74, 6) is -6.20. The second-order valence-corrected chi connectivity index (χ2v) is 8.83. The second-order valence-electron chi connectivity index (χ2n) is 5.74. The maximum Gasteiger partial charge on any atom is 0.468 e. The first kappa shape index (κ1) is 23.8. The second kappa shape index (κ2) is 8.25. The number of alkyl halides is 6. The highest BCUT2D eigenvalue weighted by molar-refractivity contribution is 6.68. The lowest BCUT2D eigenvalue weighted by molar-refractivity contribution is -0.385. The van der Waals surface area contributed by atoms with Gasteiger partial charge in [-0.05, 0) is 6.07 Å². The summed E-state index contributed by atoms with van der Waals surface area (Å²) in [4.78, 5) is 13.4. The lowest BCUT2D eigenvalue weighted by atomic mass is 10.3. The summed E-state index contributed by atoms with van der Waals surface area (Å²) in [6.07, 6.45) is -5.30. The highest BCUT2D eigenvalue weighted by Crippen LogP contribution is 2.52. The number of halogens is 8. The summed E-state index contributed by atoms with van der Waals surface area (Å²) < 4.78 is 53.6. The first-order valence-electron chi connectivity index (χ1n) is 7.75. The van der Waals surface area contributed by atoms with Crippen LogP contribution in [-0.4, -0.2) is 26.7 Å². The van der Waals surface area contributed by atoms with Gasteiger partial charge in [-0.3, -0.25) is 10.1 Å². The van der Waals surface area contributed by atoms with Gasteiger partial charge in [0, 0.05) is 18.2 Å². The minimum atomic E-state index is -5.30. The van der Waals surface area contributed by atoms with Crippen LogP contribution >= 0.6 is 58.0 Å². The van der Waals surface area contributed by atoms with Crippen LogP contribution in [0.5, 0.6) is 17.2 Å². The Bertz CT molecular complexity index is 1040. The van der Waals surface area contributed by atoms with Gasteiger partial charge in [0.2, 0.25) is 5.75 Å². The molecular formula is C16H6Cl5F3N2O5. The molecule has 0 aliphatic carbocycles. The minimum Gasteiger partial charge on any atom is -0.428 e. The molecule has 2 aromatic rings. The maximum absolute atomic E-state index is 13.7. The standard InChI is InChI=1S/C16H6Cl5F3N2O5/c17-7-5-11-12(6-8(7)18)31-16(30-11,15(19,20)21)25-13(14(22,23)24)29-10-4-2-1-3-9(10)26(27)28/h1-6H. The van der Waals surface area contributed by atoms with Gasteiger partial charge in [0.1, 0.15) is 0 Å². The van der Waals surface area contributed by atoms with Crippen molar-refractivity contribution >= 4 is 69.6 Å². The predicted octanol–water partition coefficient (Wildman–Crippen LogP) is 6.74. The van der Waals surface area contributed by atoms with E-state index in [4.69, 9.17) is 72.2 Å². The number of para-hydroxylation sites is 2. The van der Waals surface area contributed by atoms with E-state index >= 15 is 0 Å². The van der Waals surface area contributed by atoms with Gasteiger partial charge >= 0.3 is 23.7 Å². The van der Waals surface area contributed by atoms with Gasteiger partial charge in [0.25, 0.3) is 3.79 Å². The monoisotopic (exact) mass is 538 g/mol. The van der Waals surface area contributed by atoms with Crippen molar-refractivity contribution < 1.29 is 32.3 Å². The smallest absolute Gasteiger partial charge is 0.428 e. The van der Waals surface area contributed by atoms with E-state index in [1.807, 2.05) is 0 Å². The van der Waals surface area contributed by atoms with Gasteiger partial charge in [-0.2, -0.15) is 18.2 Å². The molecule has 0 saturated heterocycles. The molecule has 0 spiro atoms. The van der Waals surface area contributed by atoms with Gasteiger partial charge in [0.15, 0.2) is 11.5 Å². The maximum atomic E-state index is 13.7. The van der Waals surface area contributed by atoms with Crippen LogP contribution in [0.2, 0.25) is 10.0 Å². The molecule has 1 aliphatic heterocycles. The first-order chi connectivity index (χ1) is 14.2. The highest BCUT2D eigenvalue weighted by Gasteiger charge is 2.61. The molecule has 0 N–H and O–H groups in total. The molecule has 7 nitrogen and oxygen atoms in total. The number of hydrogen-bond donors (Lipinski definition) is 0. The molecule has 0 fully saturated rings. The molecule has 3 rings (SSSR count). The molecule has 0 unspecified atom stereocenters. The van der Waals surface area contributed by atoms with Gasteiger partial charge in [-0.1, -0.05) is 70.1 Å². The molecule has 0 bridgehead atoms. The fraction of sp³-hybridized carbons (Fsp3) is 0.188. The van der Waals surface area contributed by atoms with E-state index < -0.39 is 38.1 Å². The fourth-order valence-electron chi connectivity index (χ4n) is 2.29. The fourth-order valence-corrected chi connectivity index (χ4v) is 2.96. The van der Waals surface area contributed by atoms with E-state index in [0.29, 0.717) is 0 Å². The predicted molar refractivity (Wildman–Crippen MR) is 108 cm³/mol. The number of nitrogens with zero attached hydrogens (tertiary/aromatic N) is 2. The van der Waals surface area contributed by atoms with Crippen molar-refractivity contribution in [3.8, 4) is 17.2 Å². The summed E-state index contributed by atoms with van der Waals surface area (Å²) in [5.41, 5.74) is -0.766. The lowest BCUT2D eigenvalue weighted by Gasteiger charge is -2.30. The Labute approximate surface area is 196 Å². The molecule has 2 aromatic carbocycles. The van der Waals surface area contributed by atoms with E-state index in [2.05, 4.69) is 4.99 Å². The zero-order valence-electron chi connectivity index (χ0n) is 14.4. The zero-order valence-corrected chi connectivity index (χ0v) is 18.2. The average Bonchev–Trinajstić information content (AvgIpc) is 2.99. The topological polar surface area (TPSA) is 83.2 Å². The molecule has 0 atom stereocenters. The van der Waals surface area contributed by atoms with Crippen molar-refractivity contribution in [2.45, 2.75) is 15.9 Å². The number of benzene rings is 2. The third kappa shape index (κ3) is 4.83. The summed E-state index contributed by atoms with van der Waals surface area (Å²) >= 11 is 29.2. The third-order valence-corrected chi connectivity index (χ3v) is 5.04. The summed E-state index contributed by atoms with van der Waals surface area (Å²) in [6.45, 7) is 0. The van der Waals surface area contributed by atoms with Crippen LogP contribution in [0.4, 0.5) is 18.9 Å². The molecular weight excluding hydrogens is 534 g/mol. The number of hydrogen-bond acceptors (Lipinski definition) is 6. The molecule has 31 heavy (non-hydrogen) atoms. The van der Waals surface area contributed by atoms with Gasteiger partial charge in [-0.15, -0.1) is 0 Å². The molecule has 0 radical (unpaired) electrons. The molecule has 1 aliphatic rings. The van der Waals surface area contributed by atoms with Crippen molar-refractivity contribution in [1.82, 2.24) is 0 Å². The van der Waals surface area contributed by atoms with Crippen LogP contribution in [0.15, 0.2) is 41.4 Å². The Kier molecular flexibility index (Phi) is 6.34.